The smallest absolute Gasteiger partial charge is 0.119 e. The fourth-order valence-electron chi connectivity index (χ4n) is 2.34. The van der Waals surface area contributed by atoms with Crippen LogP contribution in [0.5, 0.6) is 5.75 Å². The summed E-state index contributed by atoms with van der Waals surface area (Å²) in [6.07, 6.45) is 1.57. The van der Waals surface area contributed by atoms with Crippen LogP contribution in [0.1, 0.15) is 11.1 Å². The molecule has 1 N–H and O–H groups in total. The summed E-state index contributed by atoms with van der Waals surface area (Å²) >= 11 is 9.57. The molecule has 1 atom stereocenters. The lowest BCUT2D eigenvalue weighted by Crippen LogP contribution is -2.13. The number of ether oxygens (including phenoxy) is 1. The Bertz CT molecular complexity index is 601. The molecular formula is C17H18BrClO2. The van der Waals surface area contributed by atoms with Gasteiger partial charge in [-0.3, -0.25) is 0 Å². The van der Waals surface area contributed by atoms with Crippen LogP contribution in [0, 0.1) is 5.92 Å². The lowest BCUT2D eigenvalue weighted by atomic mass is 9.93. The highest BCUT2D eigenvalue weighted by atomic mass is 79.9. The van der Waals surface area contributed by atoms with Crippen molar-refractivity contribution in [1.82, 2.24) is 0 Å². The van der Waals surface area contributed by atoms with Gasteiger partial charge in [-0.05, 0) is 60.2 Å². The molecule has 0 heterocycles. The van der Waals surface area contributed by atoms with E-state index >= 15 is 0 Å². The normalized spacial score (nSPS) is 12.2. The Morgan fingerprint density at radius 3 is 2.67 bits per heavy atom. The molecule has 0 aliphatic carbocycles. The second-order valence-electron chi connectivity index (χ2n) is 5.04. The van der Waals surface area contributed by atoms with Crippen LogP contribution < -0.4 is 4.74 Å². The maximum atomic E-state index is 9.66. The molecule has 2 rings (SSSR count). The van der Waals surface area contributed by atoms with Gasteiger partial charge in [0.05, 0.1) is 7.11 Å². The van der Waals surface area contributed by atoms with Crippen LogP contribution >= 0.6 is 27.5 Å². The van der Waals surface area contributed by atoms with Crippen LogP contribution in [0.15, 0.2) is 46.9 Å². The molecule has 0 saturated heterocycles. The van der Waals surface area contributed by atoms with Gasteiger partial charge in [-0.15, -0.1) is 0 Å². The minimum absolute atomic E-state index is 0.135. The summed E-state index contributed by atoms with van der Waals surface area (Å²) in [5.74, 6) is 0.972. The Labute approximate surface area is 138 Å². The van der Waals surface area contributed by atoms with Gasteiger partial charge >= 0.3 is 0 Å². The van der Waals surface area contributed by atoms with Gasteiger partial charge in [-0.1, -0.05) is 39.7 Å². The van der Waals surface area contributed by atoms with Crippen molar-refractivity contribution in [2.75, 3.05) is 13.7 Å². The van der Waals surface area contributed by atoms with Crippen LogP contribution in [-0.4, -0.2) is 18.8 Å². The molecule has 2 aromatic carbocycles. The van der Waals surface area contributed by atoms with Crippen molar-refractivity contribution < 1.29 is 9.84 Å². The van der Waals surface area contributed by atoms with Crippen LogP contribution in [0.4, 0.5) is 0 Å². The number of aliphatic hydroxyl groups excluding tert-OH is 1. The first-order valence-corrected chi connectivity index (χ1v) is 7.97. The number of halogens is 2. The van der Waals surface area contributed by atoms with E-state index in [-0.39, 0.29) is 12.5 Å². The zero-order valence-corrected chi connectivity index (χ0v) is 14.2. The second-order valence-corrected chi connectivity index (χ2v) is 6.33. The number of hydrogen-bond acceptors (Lipinski definition) is 2. The number of methoxy groups -OCH3 is 1. The first kappa shape index (κ1) is 16.3. The maximum Gasteiger partial charge on any atom is 0.119 e. The lowest BCUT2D eigenvalue weighted by Gasteiger charge is -2.16. The van der Waals surface area contributed by atoms with Crippen LogP contribution in [0.2, 0.25) is 5.02 Å². The monoisotopic (exact) mass is 368 g/mol. The third-order valence-electron chi connectivity index (χ3n) is 3.43. The van der Waals surface area contributed by atoms with E-state index < -0.39 is 0 Å². The van der Waals surface area contributed by atoms with Crippen molar-refractivity contribution in [2.45, 2.75) is 12.8 Å². The second kappa shape index (κ2) is 7.83. The Morgan fingerprint density at radius 2 is 2.00 bits per heavy atom. The van der Waals surface area contributed by atoms with Gasteiger partial charge in [0.15, 0.2) is 0 Å². The highest BCUT2D eigenvalue weighted by Crippen LogP contribution is 2.26. The molecule has 0 spiro atoms. The zero-order valence-electron chi connectivity index (χ0n) is 11.9. The predicted molar refractivity (Wildman–Crippen MR) is 90.1 cm³/mol. The van der Waals surface area contributed by atoms with E-state index in [4.69, 9.17) is 16.3 Å². The van der Waals surface area contributed by atoms with Crippen molar-refractivity contribution in [3.05, 3.63) is 63.1 Å². The molecule has 21 heavy (non-hydrogen) atoms. The van der Waals surface area contributed by atoms with Gasteiger partial charge in [0.1, 0.15) is 5.75 Å². The molecular weight excluding hydrogens is 352 g/mol. The molecule has 2 aromatic rings. The Hall–Kier alpha value is -1.03. The summed E-state index contributed by atoms with van der Waals surface area (Å²) in [6, 6.07) is 13.7. The summed E-state index contributed by atoms with van der Waals surface area (Å²) in [5, 5.41) is 10.4. The van der Waals surface area contributed by atoms with Crippen molar-refractivity contribution in [3.8, 4) is 5.75 Å². The van der Waals surface area contributed by atoms with Gasteiger partial charge in [-0.25, -0.2) is 0 Å². The lowest BCUT2D eigenvalue weighted by molar-refractivity contribution is 0.224. The number of benzene rings is 2. The molecule has 1 unspecified atom stereocenters. The maximum absolute atomic E-state index is 9.66. The van der Waals surface area contributed by atoms with Crippen LogP contribution in [-0.2, 0) is 12.8 Å². The minimum atomic E-state index is 0.135. The Kier molecular flexibility index (Phi) is 6.09. The van der Waals surface area contributed by atoms with E-state index in [0.29, 0.717) is 0 Å². The molecule has 0 aromatic heterocycles. The first-order chi connectivity index (χ1) is 10.1. The van der Waals surface area contributed by atoms with Crippen LogP contribution in [0.25, 0.3) is 0 Å². The average Bonchev–Trinajstić information content (AvgIpc) is 2.48. The predicted octanol–water partition coefficient (Wildman–Crippen LogP) is 4.50. The third kappa shape index (κ3) is 4.73. The molecule has 4 heteroatoms. The Morgan fingerprint density at radius 1 is 1.19 bits per heavy atom. The summed E-state index contributed by atoms with van der Waals surface area (Å²) in [7, 11) is 1.66. The van der Waals surface area contributed by atoms with E-state index in [1.54, 1.807) is 7.11 Å². The van der Waals surface area contributed by atoms with E-state index in [1.807, 2.05) is 42.5 Å². The number of rotatable bonds is 6. The zero-order chi connectivity index (χ0) is 15.2. The van der Waals surface area contributed by atoms with Gasteiger partial charge in [-0.2, -0.15) is 0 Å². The standard InChI is InChI=1S/C17H18BrClO2/c1-21-16-5-6-17(18)14(10-16)8-13(11-20)7-12-3-2-4-15(19)9-12/h2-6,9-10,13,20H,7-8,11H2,1H3. The quantitative estimate of drug-likeness (QED) is 0.812. The molecule has 0 aliphatic heterocycles. The van der Waals surface area contributed by atoms with Crippen molar-refractivity contribution in [3.63, 3.8) is 0 Å². The summed E-state index contributed by atoms with van der Waals surface area (Å²) in [4.78, 5) is 0. The molecule has 0 fully saturated rings. The number of aliphatic hydroxyl groups is 1. The van der Waals surface area contributed by atoms with E-state index in [1.165, 1.54) is 0 Å². The molecule has 112 valence electrons. The molecule has 0 bridgehead atoms. The van der Waals surface area contributed by atoms with Gasteiger partial charge in [0.2, 0.25) is 0 Å². The average molecular weight is 370 g/mol. The van der Waals surface area contributed by atoms with Crippen molar-refractivity contribution >= 4 is 27.5 Å². The highest BCUT2D eigenvalue weighted by Gasteiger charge is 2.13. The fraction of sp³-hybridized carbons (Fsp3) is 0.294. The third-order valence-corrected chi connectivity index (χ3v) is 4.44. The molecule has 2 nitrogen and oxygen atoms in total. The molecule has 0 saturated carbocycles. The summed E-state index contributed by atoms with van der Waals surface area (Å²) in [6.45, 7) is 0.135. The summed E-state index contributed by atoms with van der Waals surface area (Å²) in [5.41, 5.74) is 2.27. The Balaban J connectivity index is 2.12. The molecule has 0 amide bonds. The summed E-state index contributed by atoms with van der Waals surface area (Å²) < 4.78 is 6.29. The fourth-order valence-corrected chi connectivity index (χ4v) is 2.97. The molecule has 0 aliphatic rings. The highest BCUT2D eigenvalue weighted by molar-refractivity contribution is 9.10. The van der Waals surface area contributed by atoms with Crippen molar-refractivity contribution in [2.24, 2.45) is 5.92 Å². The van der Waals surface area contributed by atoms with E-state index in [9.17, 15) is 5.11 Å². The minimum Gasteiger partial charge on any atom is -0.497 e. The van der Waals surface area contributed by atoms with E-state index in [0.717, 1.165) is 39.2 Å². The van der Waals surface area contributed by atoms with Gasteiger partial charge in [0, 0.05) is 16.1 Å². The van der Waals surface area contributed by atoms with E-state index in [2.05, 4.69) is 15.9 Å². The first-order valence-electron chi connectivity index (χ1n) is 6.80. The largest absolute Gasteiger partial charge is 0.497 e. The van der Waals surface area contributed by atoms with Crippen molar-refractivity contribution in [1.29, 1.82) is 0 Å². The van der Waals surface area contributed by atoms with Gasteiger partial charge in [0.25, 0.3) is 0 Å². The topological polar surface area (TPSA) is 29.5 Å². The van der Waals surface area contributed by atoms with Gasteiger partial charge < -0.3 is 9.84 Å². The SMILES string of the molecule is COc1ccc(Br)c(CC(CO)Cc2cccc(Cl)c2)c1. The molecule has 0 radical (unpaired) electrons. The number of hydrogen-bond donors (Lipinski definition) is 1. The van der Waals surface area contributed by atoms with Crippen LogP contribution in [0.3, 0.4) is 0 Å².